The summed E-state index contributed by atoms with van der Waals surface area (Å²) in [5.74, 6) is 0. The smallest absolute Gasteiger partial charge is 0.0609 e. The maximum atomic E-state index is 6.22. The third-order valence-corrected chi connectivity index (χ3v) is 6.16. The van der Waals surface area contributed by atoms with Gasteiger partial charge >= 0.3 is 0 Å². The van der Waals surface area contributed by atoms with Crippen LogP contribution in [0.2, 0.25) is 0 Å². The van der Waals surface area contributed by atoms with E-state index in [4.69, 9.17) is 4.74 Å². The largest absolute Gasteiger partial charge is 0.378 e. The molecule has 0 amide bonds. The lowest BCUT2D eigenvalue weighted by molar-refractivity contribution is -0.0228. The van der Waals surface area contributed by atoms with Gasteiger partial charge in [0.1, 0.15) is 0 Å². The Morgan fingerprint density at radius 2 is 1.14 bits per heavy atom. The van der Waals surface area contributed by atoms with Crippen LogP contribution in [0, 0.1) is 0 Å². The Kier molecular flexibility index (Phi) is 14.2. The molecule has 0 aliphatic carbocycles. The van der Waals surface area contributed by atoms with Gasteiger partial charge in [-0.05, 0) is 72.6 Å². The Morgan fingerprint density at radius 1 is 0.690 bits per heavy atom. The van der Waals surface area contributed by atoms with E-state index in [1.165, 1.54) is 89.9 Å². The summed E-state index contributed by atoms with van der Waals surface area (Å²) < 4.78 is 6.22. The number of piperidine rings is 1. The standard InChI is InChI=1S/C27H53NO/c1-6-7-8-9-10-11-12-13-14-15-16-17-18-19-20-21-22-29-25-23-26(2,3)28-27(4,5)24-25/h13-14,25,28H,6-12,15-24H2,1-5H3/b14-13-. The molecule has 0 spiro atoms. The number of unbranched alkanes of at least 4 members (excludes halogenated alkanes) is 12. The van der Waals surface area contributed by atoms with Crippen molar-refractivity contribution >= 4 is 0 Å². The molecule has 1 fully saturated rings. The summed E-state index contributed by atoms with van der Waals surface area (Å²) >= 11 is 0. The van der Waals surface area contributed by atoms with Crippen LogP contribution in [-0.4, -0.2) is 23.8 Å². The molecule has 0 aromatic heterocycles. The van der Waals surface area contributed by atoms with Gasteiger partial charge < -0.3 is 10.1 Å². The van der Waals surface area contributed by atoms with Gasteiger partial charge in [0.05, 0.1) is 6.10 Å². The number of hydrogen-bond acceptors (Lipinski definition) is 2. The highest BCUT2D eigenvalue weighted by Crippen LogP contribution is 2.30. The van der Waals surface area contributed by atoms with Crippen LogP contribution >= 0.6 is 0 Å². The minimum absolute atomic E-state index is 0.190. The van der Waals surface area contributed by atoms with E-state index in [1.54, 1.807) is 0 Å². The first-order valence-corrected chi connectivity index (χ1v) is 12.9. The molecular formula is C27H53NO. The van der Waals surface area contributed by atoms with Gasteiger partial charge in [-0.15, -0.1) is 0 Å². The average Bonchev–Trinajstić information content (AvgIpc) is 2.61. The molecular weight excluding hydrogens is 354 g/mol. The highest BCUT2D eigenvalue weighted by Gasteiger charge is 2.37. The molecule has 1 aliphatic heterocycles. The quantitative estimate of drug-likeness (QED) is 0.193. The van der Waals surface area contributed by atoms with Gasteiger partial charge in [0, 0.05) is 17.7 Å². The van der Waals surface area contributed by atoms with Crippen LogP contribution in [0.15, 0.2) is 12.2 Å². The highest BCUT2D eigenvalue weighted by molar-refractivity contribution is 4.97. The van der Waals surface area contributed by atoms with Crippen molar-refractivity contribution < 1.29 is 4.74 Å². The summed E-state index contributed by atoms with van der Waals surface area (Å²) in [5.41, 5.74) is 0.380. The number of ether oxygens (including phenoxy) is 1. The van der Waals surface area contributed by atoms with E-state index in [9.17, 15) is 0 Å². The van der Waals surface area contributed by atoms with Crippen molar-refractivity contribution in [3.63, 3.8) is 0 Å². The lowest BCUT2D eigenvalue weighted by Crippen LogP contribution is -2.59. The van der Waals surface area contributed by atoms with Crippen LogP contribution in [0.25, 0.3) is 0 Å². The first-order chi connectivity index (χ1) is 13.8. The summed E-state index contributed by atoms with van der Waals surface area (Å²) in [5, 5.41) is 3.74. The molecule has 1 rings (SSSR count). The molecule has 0 saturated carbocycles. The van der Waals surface area contributed by atoms with E-state index >= 15 is 0 Å². The van der Waals surface area contributed by atoms with Gasteiger partial charge in [0.15, 0.2) is 0 Å². The second kappa shape index (κ2) is 15.5. The molecule has 1 N–H and O–H groups in total. The Bertz CT molecular complexity index is 397. The number of rotatable bonds is 17. The topological polar surface area (TPSA) is 21.3 Å². The average molecular weight is 408 g/mol. The number of allylic oxidation sites excluding steroid dienone is 2. The lowest BCUT2D eigenvalue weighted by atomic mass is 9.81. The Labute approximate surface area is 183 Å². The molecule has 1 saturated heterocycles. The van der Waals surface area contributed by atoms with Crippen LogP contribution in [0.1, 0.15) is 137 Å². The fourth-order valence-corrected chi connectivity index (χ4v) is 4.95. The van der Waals surface area contributed by atoms with Crippen LogP contribution in [-0.2, 0) is 4.74 Å². The lowest BCUT2D eigenvalue weighted by Gasteiger charge is -2.46. The van der Waals surface area contributed by atoms with Gasteiger partial charge in [-0.2, -0.15) is 0 Å². The van der Waals surface area contributed by atoms with Crippen molar-refractivity contribution in [1.82, 2.24) is 5.32 Å². The fourth-order valence-electron chi connectivity index (χ4n) is 4.95. The third-order valence-electron chi connectivity index (χ3n) is 6.16. The van der Waals surface area contributed by atoms with E-state index in [0.717, 1.165) is 19.4 Å². The van der Waals surface area contributed by atoms with E-state index < -0.39 is 0 Å². The third kappa shape index (κ3) is 15.2. The zero-order valence-corrected chi connectivity index (χ0v) is 20.7. The second-order valence-electron chi connectivity index (χ2n) is 10.7. The summed E-state index contributed by atoms with van der Waals surface area (Å²) in [4.78, 5) is 0. The SMILES string of the molecule is CCCCCCCC/C=C\CCCCCCCCOC1CC(C)(C)NC(C)(C)C1. The Hall–Kier alpha value is -0.340. The predicted octanol–water partition coefficient (Wildman–Crippen LogP) is 8.35. The molecule has 0 aromatic rings. The normalized spacial score (nSPS) is 19.2. The van der Waals surface area contributed by atoms with Crippen molar-refractivity contribution in [2.24, 2.45) is 0 Å². The Balaban J connectivity index is 1.86. The van der Waals surface area contributed by atoms with Crippen molar-refractivity contribution in [1.29, 1.82) is 0 Å². The highest BCUT2D eigenvalue weighted by atomic mass is 16.5. The summed E-state index contributed by atoms with van der Waals surface area (Å²) in [6.07, 6.45) is 26.6. The molecule has 1 heterocycles. The van der Waals surface area contributed by atoms with E-state index in [2.05, 4.69) is 52.1 Å². The summed E-state index contributed by atoms with van der Waals surface area (Å²) in [7, 11) is 0. The van der Waals surface area contributed by atoms with Gasteiger partial charge in [0.2, 0.25) is 0 Å². The molecule has 2 heteroatoms. The molecule has 172 valence electrons. The molecule has 2 nitrogen and oxygen atoms in total. The van der Waals surface area contributed by atoms with E-state index in [-0.39, 0.29) is 11.1 Å². The van der Waals surface area contributed by atoms with Crippen LogP contribution in [0.4, 0.5) is 0 Å². The van der Waals surface area contributed by atoms with Crippen LogP contribution in [0.3, 0.4) is 0 Å². The van der Waals surface area contributed by atoms with Crippen molar-refractivity contribution in [2.45, 2.75) is 155 Å². The zero-order valence-electron chi connectivity index (χ0n) is 20.7. The fraction of sp³-hybridized carbons (Fsp3) is 0.926. The maximum absolute atomic E-state index is 6.22. The van der Waals surface area contributed by atoms with E-state index in [1.807, 2.05) is 0 Å². The molecule has 0 radical (unpaired) electrons. The molecule has 29 heavy (non-hydrogen) atoms. The summed E-state index contributed by atoms with van der Waals surface area (Å²) in [6.45, 7) is 12.4. The number of hydrogen-bond donors (Lipinski definition) is 1. The minimum Gasteiger partial charge on any atom is -0.378 e. The van der Waals surface area contributed by atoms with Crippen LogP contribution < -0.4 is 5.32 Å². The van der Waals surface area contributed by atoms with Gasteiger partial charge in [-0.1, -0.05) is 76.9 Å². The second-order valence-corrected chi connectivity index (χ2v) is 10.7. The van der Waals surface area contributed by atoms with Crippen molar-refractivity contribution in [3.8, 4) is 0 Å². The van der Waals surface area contributed by atoms with Gasteiger partial charge in [0.25, 0.3) is 0 Å². The molecule has 0 atom stereocenters. The molecule has 0 bridgehead atoms. The van der Waals surface area contributed by atoms with Crippen molar-refractivity contribution in [2.75, 3.05) is 6.61 Å². The van der Waals surface area contributed by atoms with Gasteiger partial charge in [-0.3, -0.25) is 0 Å². The molecule has 1 aliphatic rings. The monoisotopic (exact) mass is 407 g/mol. The summed E-state index contributed by atoms with van der Waals surface area (Å²) in [6, 6.07) is 0. The Morgan fingerprint density at radius 3 is 1.66 bits per heavy atom. The van der Waals surface area contributed by atoms with E-state index in [0.29, 0.717) is 6.10 Å². The predicted molar refractivity (Wildman–Crippen MR) is 130 cm³/mol. The first kappa shape index (κ1) is 26.7. The van der Waals surface area contributed by atoms with Gasteiger partial charge in [-0.25, -0.2) is 0 Å². The number of nitrogens with one attached hydrogen (secondary N) is 1. The molecule has 0 unspecified atom stereocenters. The maximum Gasteiger partial charge on any atom is 0.0609 e. The molecule has 0 aromatic carbocycles. The first-order valence-electron chi connectivity index (χ1n) is 12.9. The van der Waals surface area contributed by atoms with Crippen molar-refractivity contribution in [3.05, 3.63) is 12.2 Å². The minimum atomic E-state index is 0.190. The van der Waals surface area contributed by atoms with Crippen LogP contribution in [0.5, 0.6) is 0 Å². The zero-order chi connectivity index (χ0) is 21.4.